The van der Waals surface area contributed by atoms with E-state index in [1.54, 1.807) is 29.2 Å². The molecule has 0 aliphatic heterocycles. The van der Waals surface area contributed by atoms with Crippen LogP contribution in [0.4, 0.5) is 0 Å². The fraction of sp³-hybridized carbons (Fsp3) is 0.310. The highest BCUT2D eigenvalue weighted by molar-refractivity contribution is 6.35. The second kappa shape index (κ2) is 12.6. The van der Waals surface area contributed by atoms with Crippen molar-refractivity contribution in [3.05, 3.63) is 105 Å². The fourth-order valence-corrected chi connectivity index (χ4v) is 5.33. The lowest BCUT2D eigenvalue weighted by Gasteiger charge is -2.33. The van der Waals surface area contributed by atoms with Gasteiger partial charge in [-0.1, -0.05) is 102 Å². The molecule has 1 fully saturated rings. The predicted octanol–water partition coefficient (Wildman–Crippen LogP) is 6.89. The highest BCUT2D eigenvalue weighted by Gasteiger charge is 2.32. The van der Waals surface area contributed by atoms with E-state index in [1.165, 1.54) is 0 Å². The summed E-state index contributed by atoms with van der Waals surface area (Å²) in [7, 11) is 0. The third-order valence-corrected chi connectivity index (χ3v) is 7.58. The average molecular weight is 544 g/mol. The number of carbonyl (C=O) groups excluding carboxylic acids is 2. The van der Waals surface area contributed by atoms with Gasteiger partial charge in [-0.25, -0.2) is 0 Å². The number of nitrogens with one attached hydrogen (secondary N) is 1. The van der Waals surface area contributed by atoms with Gasteiger partial charge in [0, 0.05) is 34.1 Å². The molecule has 4 rings (SSSR count). The van der Waals surface area contributed by atoms with Crippen LogP contribution >= 0.6 is 34.8 Å². The van der Waals surface area contributed by atoms with E-state index in [4.69, 9.17) is 34.8 Å². The summed E-state index contributed by atoms with van der Waals surface area (Å²) in [5.41, 5.74) is 2.41. The largest absolute Gasteiger partial charge is 0.352 e. The molecule has 0 saturated heterocycles. The SMILES string of the molecule is O=C(NC1CCCC1)C(Cc1ccccc1)N(Cc1ccc(Cl)cc1Cl)C(=O)Cc1ccccc1Cl. The minimum absolute atomic E-state index is 0.0763. The molecular formula is C29H29Cl3N2O2. The molecule has 2 amide bonds. The minimum Gasteiger partial charge on any atom is -0.352 e. The third-order valence-electron chi connectivity index (χ3n) is 6.63. The van der Waals surface area contributed by atoms with Crippen molar-refractivity contribution < 1.29 is 9.59 Å². The molecule has 7 heteroatoms. The molecule has 1 atom stereocenters. The maximum Gasteiger partial charge on any atom is 0.243 e. The monoisotopic (exact) mass is 542 g/mol. The molecule has 0 spiro atoms. The lowest BCUT2D eigenvalue weighted by atomic mass is 10.0. The van der Waals surface area contributed by atoms with Gasteiger partial charge in [0.1, 0.15) is 6.04 Å². The second-order valence-corrected chi connectivity index (χ2v) is 10.5. The Morgan fingerprint density at radius 1 is 0.861 bits per heavy atom. The fourth-order valence-electron chi connectivity index (χ4n) is 4.66. The quantitative estimate of drug-likeness (QED) is 0.319. The van der Waals surface area contributed by atoms with E-state index in [0.717, 1.165) is 36.8 Å². The van der Waals surface area contributed by atoms with Gasteiger partial charge in [0.15, 0.2) is 0 Å². The first kappa shape index (κ1) is 26.5. The lowest BCUT2D eigenvalue weighted by molar-refractivity contribution is -0.141. The normalized spacial score (nSPS) is 14.4. The smallest absolute Gasteiger partial charge is 0.243 e. The average Bonchev–Trinajstić information content (AvgIpc) is 3.37. The molecule has 0 bridgehead atoms. The number of amides is 2. The van der Waals surface area contributed by atoms with Crippen LogP contribution in [0.3, 0.4) is 0 Å². The van der Waals surface area contributed by atoms with Crippen LogP contribution < -0.4 is 5.32 Å². The van der Waals surface area contributed by atoms with Crippen LogP contribution in [0.25, 0.3) is 0 Å². The van der Waals surface area contributed by atoms with E-state index >= 15 is 0 Å². The summed E-state index contributed by atoms with van der Waals surface area (Å²) in [6, 6.07) is 21.6. The predicted molar refractivity (Wildman–Crippen MR) is 147 cm³/mol. The molecular weight excluding hydrogens is 515 g/mol. The van der Waals surface area contributed by atoms with Crippen LogP contribution in [0.2, 0.25) is 15.1 Å². The Hall–Kier alpha value is -2.53. The van der Waals surface area contributed by atoms with Crippen LogP contribution in [0.15, 0.2) is 72.8 Å². The van der Waals surface area contributed by atoms with Gasteiger partial charge in [0.05, 0.1) is 6.42 Å². The van der Waals surface area contributed by atoms with E-state index < -0.39 is 6.04 Å². The zero-order valence-corrected chi connectivity index (χ0v) is 22.2. The van der Waals surface area contributed by atoms with E-state index in [-0.39, 0.29) is 30.8 Å². The minimum atomic E-state index is -0.713. The third kappa shape index (κ3) is 7.03. The van der Waals surface area contributed by atoms with Gasteiger partial charge < -0.3 is 10.2 Å². The van der Waals surface area contributed by atoms with Gasteiger partial charge in [-0.2, -0.15) is 0 Å². The molecule has 36 heavy (non-hydrogen) atoms. The Kier molecular flexibility index (Phi) is 9.30. The molecule has 1 N–H and O–H groups in total. The molecule has 0 aromatic heterocycles. The van der Waals surface area contributed by atoms with Gasteiger partial charge in [-0.05, 0) is 47.7 Å². The van der Waals surface area contributed by atoms with Crippen molar-refractivity contribution in [1.29, 1.82) is 0 Å². The van der Waals surface area contributed by atoms with Crippen LogP contribution in [0, 0.1) is 0 Å². The summed E-state index contributed by atoms with van der Waals surface area (Å²) >= 11 is 19.0. The Balaban J connectivity index is 1.69. The van der Waals surface area contributed by atoms with Gasteiger partial charge in [0.2, 0.25) is 11.8 Å². The zero-order valence-electron chi connectivity index (χ0n) is 19.9. The summed E-state index contributed by atoms with van der Waals surface area (Å²) in [6.07, 6.45) is 4.58. The molecule has 0 heterocycles. The standard InChI is InChI=1S/C29H29Cl3N2O2/c30-23-15-14-22(26(32)18-23)19-34(28(35)17-21-10-4-7-13-25(21)31)27(16-20-8-2-1-3-9-20)29(36)33-24-11-5-6-12-24/h1-4,7-10,13-15,18,24,27H,5-6,11-12,16-17,19H2,(H,33,36). The van der Waals surface area contributed by atoms with Crippen molar-refractivity contribution >= 4 is 46.6 Å². The number of halogens is 3. The first-order valence-electron chi connectivity index (χ1n) is 12.2. The molecule has 0 radical (unpaired) electrons. The Bertz CT molecular complexity index is 1200. The van der Waals surface area contributed by atoms with Crippen molar-refractivity contribution in [3.8, 4) is 0 Å². The first-order valence-corrected chi connectivity index (χ1v) is 13.3. The summed E-state index contributed by atoms with van der Waals surface area (Å²) in [4.78, 5) is 29.2. The molecule has 188 valence electrons. The second-order valence-electron chi connectivity index (χ2n) is 9.22. The topological polar surface area (TPSA) is 49.4 Å². The number of carbonyl (C=O) groups is 2. The highest BCUT2D eigenvalue weighted by Crippen LogP contribution is 2.26. The number of hydrogen-bond acceptors (Lipinski definition) is 2. The van der Waals surface area contributed by atoms with Crippen LogP contribution in [0.1, 0.15) is 42.4 Å². The molecule has 1 saturated carbocycles. The first-order chi connectivity index (χ1) is 17.4. The van der Waals surface area contributed by atoms with Crippen LogP contribution in [-0.4, -0.2) is 28.8 Å². The zero-order chi connectivity index (χ0) is 25.5. The van der Waals surface area contributed by atoms with Crippen molar-refractivity contribution in [2.75, 3.05) is 0 Å². The van der Waals surface area contributed by atoms with Crippen molar-refractivity contribution in [2.24, 2.45) is 0 Å². The van der Waals surface area contributed by atoms with Crippen molar-refractivity contribution in [1.82, 2.24) is 10.2 Å². The molecule has 1 aliphatic carbocycles. The lowest BCUT2D eigenvalue weighted by Crippen LogP contribution is -2.52. The Morgan fingerprint density at radius 2 is 1.56 bits per heavy atom. The van der Waals surface area contributed by atoms with Crippen molar-refractivity contribution in [3.63, 3.8) is 0 Å². The molecule has 1 aliphatic rings. The summed E-state index contributed by atoms with van der Waals surface area (Å²) in [5.74, 6) is -0.347. The van der Waals surface area contributed by atoms with E-state index in [9.17, 15) is 9.59 Å². The Labute approximate surface area is 227 Å². The highest BCUT2D eigenvalue weighted by atomic mass is 35.5. The van der Waals surface area contributed by atoms with Gasteiger partial charge in [-0.3, -0.25) is 9.59 Å². The van der Waals surface area contributed by atoms with E-state index in [2.05, 4.69) is 5.32 Å². The molecule has 3 aromatic rings. The van der Waals surface area contributed by atoms with Gasteiger partial charge in [-0.15, -0.1) is 0 Å². The maximum atomic E-state index is 13.8. The molecule has 4 nitrogen and oxygen atoms in total. The van der Waals surface area contributed by atoms with Crippen LogP contribution in [0.5, 0.6) is 0 Å². The van der Waals surface area contributed by atoms with Crippen molar-refractivity contribution in [2.45, 2.75) is 57.2 Å². The Morgan fingerprint density at radius 3 is 2.25 bits per heavy atom. The maximum absolute atomic E-state index is 13.8. The number of hydrogen-bond donors (Lipinski definition) is 1. The number of nitrogens with zero attached hydrogens (tertiary/aromatic N) is 1. The number of benzene rings is 3. The van der Waals surface area contributed by atoms with Crippen LogP contribution in [-0.2, 0) is 29.0 Å². The summed E-state index contributed by atoms with van der Waals surface area (Å²) in [5, 5.41) is 4.69. The van der Waals surface area contributed by atoms with Gasteiger partial charge in [0.25, 0.3) is 0 Å². The van der Waals surface area contributed by atoms with E-state index in [0.29, 0.717) is 27.1 Å². The van der Waals surface area contributed by atoms with Gasteiger partial charge >= 0.3 is 0 Å². The number of rotatable bonds is 9. The van der Waals surface area contributed by atoms with E-state index in [1.807, 2.05) is 48.5 Å². The molecule has 3 aromatic carbocycles. The summed E-state index contributed by atoms with van der Waals surface area (Å²) < 4.78 is 0. The molecule has 1 unspecified atom stereocenters. The summed E-state index contributed by atoms with van der Waals surface area (Å²) in [6.45, 7) is 0.175.